The zero-order valence-corrected chi connectivity index (χ0v) is 21.6. The molecule has 3 N–H and O–H groups in total. The number of carbonyl (C=O) groups is 1. The predicted molar refractivity (Wildman–Crippen MR) is 149 cm³/mol. The maximum absolute atomic E-state index is 13.7. The van der Waals surface area contributed by atoms with E-state index < -0.39 is 11.7 Å². The van der Waals surface area contributed by atoms with E-state index in [9.17, 15) is 9.18 Å². The third-order valence-electron chi connectivity index (χ3n) is 6.81. The summed E-state index contributed by atoms with van der Waals surface area (Å²) in [6.45, 7) is 4.68. The van der Waals surface area contributed by atoms with Gasteiger partial charge in [-0.3, -0.25) is 4.79 Å². The molecule has 1 fully saturated rings. The Hall–Kier alpha value is -4.44. The summed E-state index contributed by atoms with van der Waals surface area (Å²) in [4.78, 5) is 29.0. The van der Waals surface area contributed by atoms with Crippen LogP contribution in [-0.4, -0.2) is 66.1 Å². The van der Waals surface area contributed by atoms with E-state index >= 15 is 0 Å². The first-order valence-corrected chi connectivity index (χ1v) is 12.3. The molecule has 0 aliphatic carbocycles. The standard InChI is InChI=1S/C28H30FN7O2/c1-17(29)27(37)32-23-13-24(26(38-4)14-25(23)36-12-10-18(16-36)35(2)3)34-28-30-11-9-22(33-28)20-15-31-21-8-6-5-7-19(20)21/h5-9,11,13-15,18,31H,1,10,12,16H2,2-4H3,(H,32,37)(H,30,33,34)/t18-/m1/s1. The molecule has 5 rings (SSSR count). The van der Waals surface area contributed by atoms with E-state index in [4.69, 9.17) is 9.72 Å². The Labute approximate surface area is 220 Å². The zero-order chi connectivity index (χ0) is 26.8. The van der Waals surface area contributed by atoms with Crippen LogP contribution in [0.1, 0.15) is 6.42 Å². The van der Waals surface area contributed by atoms with Gasteiger partial charge < -0.3 is 30.2 Å². The van der Waals surface area contributed by atoms with E-state index in [1.165, 1.54) is 0 Å². The highest BCUT2D eigenvalue weighted by atomic mass is 19.1. The average molecular weight is 516 g/mol. The highest BCUT2D eigenvalue weighted by Crippen LogP contribution is 2.40. The molecule has 1 aliphatic heterocycles. The molecule has 0 spiro atoms. The molecular formula is C28H30FN7O2. The lowest BCUT2D eigenvalue weighted by molar-refractivity contribution is -0.114. The van der Waals surface area contributed by atoms with Gasteiger partial charge in [-0.05, 0) is 38.7 Å². The number of hydrogen-bond acceptors (Lipinski definition) is 7. The molecule has 9 nitrogen and oxygen atoms in total. The van der Waals surface area contributed by atoms with Gasteiger partial charge in [0.25, 0.3) is 5.91 Å². The smallest absolute Gasteiger partial charge is 0.283 e. The van der Waals surface area contributed by atoms with Crippen molar-refractivity contribution in [3.63, 3.8) is 0 Å². The van der Waals surface area contributed by atoms with Crippen LogP contribution in [0.5, 0.6) is 5.75 Å². The molecule has 38 heavy (non-hydrogen) atoms. The van der Waals surface area contributed by atoms with Crippen molar-refractivity contribution in [2.45, 2.75) is 12.5 Å². The molecule has 0 saturated carbocycles. The largest absolute Gasteiger partial charge is 0.494 e. The SMILES string of the molecule is C=C(F)C(=O)Nc1cc(Nc2nccc(-c3c[nH]c4ccccc34)n2)c(OC)cc1N1CC[C@@H](N(C)C)C1. The molecule has 196 valence electrons. The summed E-state index contributed by atoms with van der Waals surface area (Å²) in [5, 5.41) is 6.92. The minimum Gasteiger partial charge on any atom is -0.494 e. The van der Waals surface area contributed by atoms with Gasteiger partial charge in [-0.15, -0.1) is 0 Å². The van der Waals surface area contributed by atoms with E-state index in [0.717, 1.165) is 47.4 Å². The number of rotatable bonds is 8. The van der Waals surface area contributed by atoms with Crippen molar-refractivity contribution in [1.82, 2.24) is 19.9 Å². The van der Waals surface area contributed by atoms with Crippen molar-refractivity contribution in [3.05, 3.63) is 67.3 Å². The quantitative estimate of drug-likeness (QED) is 0.286. The van der Waals surface area contributed by atoms with Gasteiger partial charge in [0, 0.05) is 54.1 Å². The average Bonchev–Trinajstić information content (AvgIpc) is 3.57. The summed E-state index contributed by atoms with van der Waals surface area (Å²) in [5.74, 6) is -1.08. The van der Waals surface area contributed by atoms with Gasteiger partial charge in [-0.25, -0.2) is 14.4 Å². The number of halogens is 1. The molecule has 1 saturated heterocycles. The Morgan fingerprint density at radius 2 is 2.05 bits per heavy atom. The van der Waals surface area contributed by atoms with Gasteiger partial charge in [0.1, 0.15) is 5.75 Å². The number of benzene rings is 2. The van der Waals surface area contributed by atoms with Crippen molar-refractivity contribution < 1.29 is 13.9 Å². The first-order valence-electron chi connectivity index (χ1n) is 12.3. The second kappa shape index (κ2) is 10.5. The van der Waals surface area contributed by atoms with Crippen LogP contribution < -0.4 is 20.3 Å². The van der Waals surface area contributed by atoms with E-state index in [2.05, 4.69) is 37.0 Å². The van der Waals surface area contributed by atoms with Crippen LogP contribution in [0.25, 0.3) is 22.2 Å². The fourth-order valence-corrected chi connectivity index (χ4v) is 4.74. The van der Waals surface area contributed by atoms with Gasteiger partial charge in [-0.2, -0.15) is 0 Å². The molecule has 2 aromatic heterocycles. The minimum atomic E-state index is -1.07. The molecule has 4 aromatic rings. The summed E-state index contributed by atoms with van der Waals surface area (Å²) in [5.41, 5.74) is 4.40. The summed E-state index contributed by atoms with van der Waals surface area (Å²) in [6, 6.07) is 13.7. The summed E-state index contributed by atoms with van der Waals surface area (Å²) in [6.07, 6.45) is 4.56. The van der Waals surface area contributed by atoms with E-state index in [0.29, 0.717) is 29.1 Å². The Balaban J connectivity index is 1.50. The number of nitrogens with one attached hydrogen (secondary N) is 3. The van der Waals surface area contributed by atoms with Crippen LogP contribution in [-0.2, 0) is 4.79 Å². The van der Waals surface area contributed by atoms with Gasteiger partial charge >= 0.3 is 0 Å². The number of fused-ring (bicyclic) bond motifs is 1. The molecule has 1 amide bonds. The van der Waals surface area contributed by atoms with Crippen LogP contribution in [0.2, 0.25) is 0 Å². The van der Waals surface area contributed by atoms with Crippen molar-refractivity contribution >= 4 is 39.8 Å². The molecule has 1 aliphatic rings. The predicted octanol–water partition coefficient (Wildman–Crippen LogP) is 4.94. The van der Waals surface area contributed by atoms with Crippen LogP contribution in [0.15, 0.2) is 67.3 Å². The monoisotopic (exact) mass is 515 g/mol. The van der Waals surface area contributed by atoms with Gasteiger partial charge in [0.2, 0.25) is 5.95 Å². The first kappa shape index (κ1) is 25.2. The topological polar surface area (TPSA) is 98.4 Å². The number of aromatic amines is 1. The summed E-state index contributed by atoms with van der Waals surface area (Å²) < 4.78 is 19.3. The normalized spacial score (nSPS) is 15.2. The summed E-state index contributed by atoms with van der Waals surface area (Å²) in [7, 11) is 5.66. The summed E-state index contributed by atoms with van der Waals surface area (Å²) >= 11 is 0. The number of likely N-dealkylation sites (N-methyl/N-ethyl adjacent to an activating group) is 1. The van der Waals surface area contributed by atoms with Gasteiger partial charge in [0.15, 0.2) is 5.83 Å². The van der Waals surface area contributed by atoms with E-state index in [1.807, 2.05) is 56.7 Å². The maximum Gasteiger partial charge on any atom is 0.283 e. The molecule has 2 aromatic carbocycles. The fraction of sp³-hybridized carbons (Fsp3) is 0.250. The van der Waals surface area contributed by atoms with Crippen LogP contribution in [0.4, 0.5) is 27.4 Å². The highest BCUT2D eigenvalue weighted by molar-refractivity contribution is 6.04. The number of nitrogens with zero attached hydrogens (tertiary/aromatic N) is 4. The maximum atomic E-state index is 13.7. The lowest BCUT2D eigenvalue weighted by Crippen LogP contribution is -2.31. The Kier molecular flexibility index (Phi) is 6.97. The second-order valence-electron chi connectivity index (χ2n) is 9.42. The number of methoxy groups -OCH3 is 1. The Morgan fingerprint density at radius 1 is 1.24 bits per heavy atom. The molecule has 3 heterocycles. The van der Waals surface area contributed by atoms with Gasteiger partial charge in [-0.1, -0.05) is 24.8 Å². The Morgan fingerprint density at radius 3 is 2.79 bits per heavy atom. The molecule has 1 atom stereocenters. The first-order chi connectivity index (χ1) is 18.3. The number of H-pyrrole nitrogens is 1. The molecule has 0 bridgehead atoms. The van der Waals surface area contributed by atoms with Crippen molar-refractivity contribution in [1.29, 1.82) is 0 Å². The van der Waals surface area contributed by atoms with Crippen molar-refractivity contribution in [2.24, 2.45) is 0 Å². The number of hydrogen-bond donors (Lipinski definition) is 3. The number of carbonyl (C=O) groups excluding carboxylic acids is 1. The Bertz CT molecular complexity index is 1500. The van der Waals surface area contributed by atoms with Gasteiger partial charge in [0.05, 0.1) is 29.9 Å². The minimum absolute atomic E-state index is 0.347. The lowest BCUT2D eigenvalue weighted by Gasteiger charge is -2.25. The molecule has 10 heteroatoms. The molecule has 0 unspecified atom stereocenters. The van der Waals surface area contributed by atoms with Crippen molar-refractivity contribution in [2.75, 3.05) is 49.8 Å². The van der Waals surface area contributed by atoms with Crippen LogP contribution >= 0.6 is 0 Å². The van der Waals surface area contributed by atoms with Crippen molar-refractivity contribution in [3.8, 4) is 17.0 Å². The third-order valence-corrected chi connectivity index (χ3v) is 6.81. The molecular weight excluding hydrogens is 485 g/mol. The van der Waals surface area contributed by atoms with Crippen LogP contribution in [0.3, 0.4) is 0 Å². The number of aromatic nitrogens is 3. The number of para-hydroxylation sites is 1. The number of anilines is 4. The number of ether oxygens (including phenoxy) is 1. The molecule has 0 radical (unpaired) electrons. The van der Waals surface area contributed by atoms with E-state index in [-0.39, 0.29) is 0 Å². The highest BCUT2D eigenvalue weighted by Gasteiger charge is 2.27. The fourth-order valence-electron chi connectivity index (χ4n) is 4.74. The van der Waals surface area contributed by atoms with Crippen LogP contribution in [0, 0.1) is 0 Å². The zero-order valence-electron chi connectivity index (χ0n) is 21.6. The lowest BCUT2D eigenvalue weighted by atomic mass is 10.1. The third kappa shape index (κ3) is 5.03. The van der Waals surface area contributed by atoms with E-state index in [1.54, 1.807) is 19.4 Å². The number of amides is 1. The second-order valence-corrected chi connectivity index (χ2v) is 9.42.